The molecule has 0 aliphatic carbocycles. The summed E-state index contributed by atoms with van der Waals surface area (Å²) in [6, 6.07) is 84.1. The van der Waals surface area contributed by atoms with Crippen LogP contribution in [-0.4, -0.2) is 14.5 Å². The van der Waals surface area contributed by atoms with Crippen molar-refractivity contribution in [3.05, 3.63) is 236 Å². The van der Waals surface area contributed by atoms with Crippen LogP contribution in [0.25, 0.3) is 127 Å². The molecule has 67 heavy (non-hydrogen) atoms. The topological polar surface area (TPSA) is 54.5 Å². The van der Waals surface area contributed by atoms with Crippen molar-refractivity contribution in [2.75, 3.05) is 0 Å². The first-order chi connectivity index (χ1) is 33.2. The monoisotopic (exact) mass is 850 g/mol. The van der Waals surface area contributed by atoms with Crippen LogP contribution in [0.3, 0.4) is 0 Å². The summed E-state index contributed by atoms with van der Waals surface area (Å²) >= 11 is 0. The van der Waals surface area contributed by atoms with E-state index < -0.39 is 0 Å². The van der Waals surface area contributed by atoms with E-state index in [9.17, 15) is 5.26 Å². The third kappa shape index (κ3) is 6.21. The molecule has 11 aromatic carbocycles. The maximum Gasteiger partial charge on any atom is 0.160 e. The van der Waals surface area contributed by atoms with Crippen LogP contribution in [0.5, 0.6) is 0 Å². The molecule has 0 saturated carbocycles. The minimum atomic E-state index is 0.675. The zero-order valence-corrected chi connectivity index (χ0v) is 36.2. The molecule has 0 atom stereocenters. The zero-order valence-electron chi connectivity index (χ0n) is 36.2. The third-order valence-corrected chi connectivity index (χ3v) is 13.4. The fraction of sp³-hybridized carbons (Fsp3) is 0. The molecule has 13 rings (SSSR count). The van der Waals surface area contributed by atoms with Gasteiger partial charge in [0.15, 0.2) is 5.82 Å². The molecule has 0 aliphatic rings. The van der Waals surface area contributed by atoms with Gasteiger partial charge in [-0.3, -0.25) is 0 Å². The van der Waals surface area contributed by atoms with E-state index >= 15 is 0 Å². The predicted molar refractivity (Wildman–Crippen MR) is 277 cm³/mol. The van der Waals surface area contributed by atoms with Crippen LogP contribution in [0.15, 0.2) is 231 Å². The number of benzene rings is 11. The summed E-state index contributed by atoms with van der Waals surface area (Å²) in [6.45, 7) is 0. The number of hydrogen-bond acceptors (Lipinski definition) is 3. The molecule has 0 amide bonds. The Kier molecular flexibility index (Phi) is 8.87. The standard InChI is InChI=1S/C63H38N4/c64-39-46-28-34-57-61-49(46)31-32-50-48(33-35-58(62(50)61)67(57)47-24-14-5-15-25-47)44-26-29-51-53(36-44)59(42-20-10-3-11-21-42)52-30-27-45(37-54(52)60(51)43-22-12-4-13-23-43)63-65-55(40-16-6-1-7-17-40)38-56(66-63)41-18-8-2-9-19-41/h1-38H. The van der Waals surface area contributed by atoms with Gasteiger partial charge in [0.2, 0.25) is 0 Å². The van der Waals surface area contributed by atoms with Crippen molar-refractivity contribution in [1.82, 2.24) is 14.5 Å². The number of nitriles is 1. The van der Waals surface area contributed by atoms with Crippen molar-refractivity contribution in [1.29, 1.82) is 5.26 Å². The number of fused-ring (bicyclic) bond motifs is 2. The van der Waals surface area contributed by atoms with Gasteiger partial charge in [-0.15, -0.1) is 0 Å². The van der Waals surface area contributed by atoms with Crippen LogP contribution in [-0.2, 0) is 0 Å². The predicted octanol–water partition coefficient (Wildman–Crippen LogP) is 16.3. The third-order valence-electron chi connectivity index (χ3n) is 13.4. The van der Waals surface area contributed by atoms with Crippen LogP contribution in [0.2, 0.25) is 0 Å². The van der Waals surface area contributed by atoms with E-state index in [1.165, 1.54) is 16.3 Å². The quantitative estimate of drug-likeness (QED) is 0.119. The normalized spacial score (nSPS) is 11.6. The molecule has 0 N–H and O–H groups in total. The summed E-state index contributed by atoms with van der Waals surface area (Å²) < 4.78 is 2.33. The van der Waals surface area contributed by atoms with Crippen LogP contribution >= 0.6 is 0 Å². The summed E-state index contributed by atoms with van der Waals surface area (Å²) in [5.41, 5.74) is 15.7. The highest BCUT2D eigenvalue weighted by atomic mass is 15.0. The molecule has 0 spiro atoms. The molecule has 0 bridgehead atoms. The Balaban J connectivity index is 1.08. The highest BCUT2D eigenvalue weighted by molar-refractivity contribution is 6.28. The lowest BCUT2D eigenvalue weighted by Gasteiger charge is -2.20. The second-order valence-electron chi connectivity index (χ2n) is 17.2. The number of rotatable bonds is 7. The van der Waals surface area contributed by atoms with Crippen molar-refractivity contribution >= 4 is 54.1 Å². The van der Waals surface area contributed by atoms with Gasteiger partial charge in [-0.25, -0.2) is 9.97 Å². The van der Waals surface area contributed by atoms with Crippen molar-refractivity contribution in [3.63, 3.8) is 0 Å². The van der Waals surface area contributed by atoms with E-state index in [-0.39, 0.29) is 0 Å². The fourth-order valence-corrected chi connectivity index (χ4v) is 10.4. The van der Waals surface area contributed by atoms with E-state index in [4.69, 9.17) is 9.97 Å². The van der Waals surface area contributed by atoms with Crippen LogP contribution < -0.4 is 0 Å². The summed E-state index contributed by atoms with van der Waals surface area (Å²) in [5, 5.41) is 19.3. The number of nitrogens with zero attached hydrogens (tertiary/aromatic N) is 4. The van der Waals surface area contributed by atoms with Crippen molar-refractivity contribution in [2.24, 2.45) is 0 Å². The molecule has 0 fully saturated rings. The minimum absolute atomic E-state index is 0.675. The van der Waals surface area contributed by atoms with E-state index in [1.807, 2.05) is 18.2 Å². The average Bonchev–Trinajstić information content (AvgIpc) is 3.75. The van der Waals surface area contributed by atoms with Gasteiger partial charge in [0.25, 0.3) is 0 Å². The molecule has 310 valence electrons. The fourth-order valence-electron chi connectivity index (χ4n) is 10.4. The maximum absolute atomic E-state index is 10.2. The Hall–Kier alpha value is -9.17. The van der Waals surface area contributed by atoms with Crippen LogP contribution in [0, 0.1) is 11.3 Å². The van der Waals surface area contributed by atoms with E-state index in [2.05, 4.69) is 223 Å². The molecule has 2 heterocycles. The summed E-state index contributed by atoms with van der Waals surface area (Å²) in [4.78, 5) is 10.5. The Bertz CT molecular complexity index is 4000. The van der Waals surface area contributed by atoms with Gasteiger partial charge >= 0.3 is 0 Å². The molecular weight excluding hydrogens is 813 g/mol. The highest BCUT2D eigenvalue weighted by Gasteiger charge is 2.23. The molecule has 0 unspecified atom stereocenters. The largest absolute Gasteiger partial charge is 0.309 e. The first kappa shape index (κ1) is 38.3. The van der Waals surface area contributed by atoms with Crippen LogP contribution in [0.4, 0.5) is 0 Å². The van der Waals surface area contributed by atoms with Gasteiger partial charge in [0.1, 0.15) is 0 Å². The highest BCUT2D eigenvalue weighted by Crippen LogP contribution is 2.48. The lowest BCUT2D eigenvalue weighted by Crippen LogP contribution is -1.97. The van der Waals surface area contributed by atoms with Gasteiger partial charge in [-0.05, 0) is 109 Å². The van der Waals surface area contributed by atoms with Crippen LogP contribution in [0.1, 0.15) is 5.56 Å². The smallest absolute Gasteiger partial charge is 0.160 e. The van der Waals surface area contributed by atoms with E-state index in [0.29, 0.717) is 11.4 Å². The summed E-state index contributed by atoms with van der Waals surface area (Å²) in [6.07, 6.45) is 0. The van der Waals surface area contributed by atoms with Crippen molar-refractivity contribution < 1.29 is 0 Å². The van der Waals surface area contributed by atoms with E-state index in [0.717, 1.165) is 105 Å². The zero-order chi connectivity index (χ0) is 44.4. The minimum Gasteiger partial charge on any atom is -0.309 e. The lowest BCUT2D eigenvalue weighted by atomic mass is 9.84. The molecule has 2 aromatic heterocycles. The Morgan fingerprint density at radius 2 is 0.791 bits per heavy atom. The van der Waals surface area contributed by atoms with E-state index in [1.54, 1.807) is 0 Å². The van der Waals surface area contributed by atoms with Crippen molar-refractivity contribution in [3.8, 4) is 79.0 Å². The van der Waals surface area contributed by atoms with Gasteiger partial charge in [-0.2, -0.15) is 5.26 Å². The first-order valence-electron chi connectivity index (χ1n) is 22.6. The van der Waals surface area contributed by atoms with Gasteiger partial charge in [0, 0.05) is 38.5 Å². The Morgan fingerprint density at radius 1 is 0.343 bits per heavy atom. The molecule has 0 saturated heterocycles. The van der Waals surface area contributed by atoms with Crippen molar-refractivity contribution in [2.45, 2.75) is 0 Å². The SMILES string of the molecule is N#Cc1ccc2c3c1ccc1c(-c4ccc5c(-c6ccccc6)c6cc(-c7nc(-c8ccccc8)cc(-c8ccccc8)n7)ccc6c(-c6ccccc6)c5c4)ccc(c13)n2-c1ccccc1. The number of para-hydroxylation sites is 1. The second-order valence-corrected chi connectivity index (χ2v) is 17.2. The van der Waals surface area contributed by atoms with Gasteiger partial charge < -0.3 is 4.57 Å². The molecular formula is C63H38N4. The summed E-state index contributed by atoms with van der Waals surface area (Å²) in [5.74, 6) is 0.675. The molecule has 13 aromatic rings. The van der Waals surface area contributed by atoms with Gasteiger partial charge in [-0.1, -0.05) is 182 Å². The Morgan fingerprint density at radius 3 is 1.34 bits per heavy atom. The molecule has 0 radical (unpaired) electrons. The average molecular weight is 851 g/mol. The van der Waals surface area contributed by atoms with Gasteiger partial charge in [0.05, 0.1) is 34.1 Å². The molecule has 0 aliphatic heterocycles. The Labute approximate surface area is 387 Å². The first-order valence-corrected chi connectivity index (χ1v) is 22.6. The number of hydrogen-bond donors (Lipinski definition) is 0. The molecule has 4 heteroatoms. The lowest BCUT2D eigenvalue weighted by molar-refractivity contribution is 1.18. The summed E-state index contributed by atoms with van der Waals surface area (Å²) in [7, 11) is 0. The second kappa shape index (κ2) is 15.5. The molecule has 4 nitrogen and oxygen atoms in total. The number of aromatic nitrogens is 3. The maximum atomic E-state index is 10.2.